The first-order chi connectivity index (χ1) is 13.3. The number of hydrogen-bond donors (Lipinski definition) is 0. The van der Waals surface area contributed by atoms with Gasteiger partial charge in [-0.1, -0.05) is 12.1 Å². The maximum absolute atomic E-state index is 12.9. The number of methoxy groups -OCH3 is 1. The van der Waals surface area contributed by atoms with E-state index in [0.29, 0.717) is 22.4 Å². The third-order valence-corrected chi connectivity index (χ3v) is 3.92. The minimum absolute atomic E-state index is 0.0282. The second-order valence-corrected chi connectivity index (χ2v) is 5.62. The smallest absolute Gasteiger partial charge is 0.416 e. The third-order valence-electron chi connectivity index (χ3n) is 3.92. The van der Waals surface area contributed by atoms with Crippen LogP contribution in [-0.4, -0.2) is 28.0 Å². The highest BCUT2D eigenvalue weighted by atomic mass is 19.4. The number of aromatic nitrogens is 3. The first-order valence-corrected chi connectivity index (χ1v) is 7.88. The number of rotatable bonds is 3. The summed E-state index contributed by atoms with van der Waals surface area (Å²) in [6, 6.07) is 5.94. The maximum atomic E-state index is 12.9. The first kappa shape index (κ1) is 19.0. The average Bonchev–Trinajstić information content (AvgIpc) is 2.72. The van der Waals surface area contributed by atoms with E-state index >= 15 is 0 Å². The van der Waals surface area contributed by atoms with E-state index in [1.165, 1.54) is 44.0 Å². The van der Waals surface area contributed by atoms with Crippen molar-refractivity contribution < 1.29 is 22.7 Å². The predicted molar refractivity (Wildman–Crippen MR) is 95.0 cm³/mol. The molecular formula is C20H12F3N3O2. The van der Waals surface area contributed by atoms with Crippen LogP contribution in [0.5, 0.6) is 0 Å². The molecule has 3 aromatic rings. The van der Waals surface area contributed by atoms with Crippen molar-refractivity contribution in [3.63, 3.8) is 0 Å². The molecule has 0 aliphatic carbocycles. The molecule has 0 unspecified atom stereocenters. The van der Waals surface area contributed by atoms with Crippen molar-refractivity contribution in [1.29, 1.82) is 0 Å². The van der Waals surface area contributed by atoms with E-state index in [1.807, 2.05) is 0 Å². The topological polar surface area (TPSA) is 65.0 Å². The van der Waals surface area contributed by atoms with Gasteiger partial charge < -0.3 is 4.74 Å². The van der Waals surface area contributed by atoms with Crippen LogP contribution in [0.1, 0.15) is 21.6 Å². The first-order valence-electron chi connectivity index (χ1n) is 7.88. The molecule has 0 radical (unpaired) electrons. The van der Waals surface area contributed by atoms with E-state index in [1.54, 1.807) is 0 Å². The van der Waals surface area contributed by atoms with Crippen molar-refractivity contribution in [3.05, 3.63) is 65.9 Å². The molecule has 0 bridgehead atoms. The summed E-state index contributed by atoms with van der Waals surface area (Å²) in [4.78, 5) is 24.3. The summed E-state index contributed by atoms with van der Waals surface area (Å²) in [5.41, 5.74) is 0.909. The molecular weight excluding hydrogens is 371 g/mol. The number of nitrogens with zero attached hydrogens (tertiary/aromatic N) is 3. The van der Waals surface area contributed by atoms with Gasteiger partial charge in [-0.05, 0) is 29.7 Å². The van der Waals surface area contributed by atoms with E-state index < -0.39 is 17.7 Å². The summed E-state index contributed by atoms with van der Waals surface area (Å²) < 4.78 is 43.3. The van der Waals surface area contributed by atoms with E-state index in [0.717, 1.165) is 12.1 Å². The van der Waals surface area contributed by atoms with Crippen LogP contribution in [0.3, 0.4) is 0 Å². The molecule has 1 aromatic carbocycles. The van der Waals surface area contributed by atoms with Crippen LogP contribution in [0.4, 0.5) is 13.2 Å². The zero-order valence-electron chi connectivity index (χ0n) is 14.5. The van der Waals surface area contributed by atoms with E-state index in [-0.39, 0.29) is 11.3 Å². The molecule has 0 amide bonds. The SMILES string of the molecule is C#Cc1nc(-c2cncnc2)c(-c2ccc(C(F)(F)F)cc2)cc1C(=O)OC. The zero-order chi connectivity index (χ0) is 20.3. The van der Waals surface area contributed by atoms with E-state index in [4.69, 9.17) is 11.2 Å². The van der Waals surface area contributed by atoms with Crippen molar-refractivity contribution in [1.82, 2.24) is 15.0 Å². The van der Waals surface area contributed by atoms with Gasteiger partial charge in [0, 0.05) is 23.5 Å². The highest BCUT2D eigenvalue weighted by Gasteiger charge is 2.30. The standard InChI is InChI=1S/C20H12F3N3O2/c1-3-17-16(19(27)28-2)8-15(18(26-17)13-9-24-11-25-10-13)12-4-6-14(7-5-12)20(21,22)23/h1,4-11H,2H3. The minimum atomic E-state index is -4.46. The average molecular weight is 383 g/mol. The quantitative estimate of drug-likeness (QED) is 0.505. The minimum Gasteiger partial charge on any atom is -0.465 e. The monoisotopic (exact) mass is 383 g/mol. The van der Waals surface area contributed by atoms with Crippen molar-refractivity contribution in [2.45, 2.75) is 6.18 Å². The lowest BCUT2D eigenvalue weighted by Gasteiger charge is -2.13. The number of hydrogen-bond acceptors (Lipinski definition) is 5. The van der Waals surface area contributed by atoms with E-state index in [2.05, 4.69) is 20.9 Å². The highest BCUT2D eigenvalue weighted by Crippen LogP contribution is 2.35. The lowest BCUT2D eigenvalue weighted by atomic mass is 9.96. The number of ether oxygens (including phenoxy) is 1. The lowest BCUT2D eigenvalue weighted by Crippen LogP contribution is -2.08. The molecule has 0 saturated heterocycles. The summed E-state index contributed by atoms with van der Waals surface area (Å²) >= 11 is 0. The summed E-state index contributed by atoms with van der Waals surface area (Å²) in [6.45, 7) is 0. The highest BCUT2D eigenvalue weighted by molar-refractivity contribution is 5.95. The molecule has 2 heterocycles. The molecule has 0 N–H and O–H groups in total. The van der Waals surface area contributed by atoms with Crippen LogP contribution in [0, 0.1) is 12.3 Å². The van der Waals surface area contributed by atoms with Crippen LogP contribution in [0.25, 0.3) is 22.4 Å². The fraction of sp³-hybridized carbons (Fsp3) is 0.100. The van der Waals surface area contributed by atoms with Crippen LogP contribution in [0.2, 0.25) is 0 Å². The van der Waals surface area contributed by atoms with Gasteiger partial charge in [-0.25, -0.2) is 19.7 Å². The normalized spacial score (nSPS) is 11.0. The number of terminal acetylenes is 1. The zero-order valence-corrected chi connectivity index (χ0v) is 14.5. The fourth-order valence-corrected chi connectivity index (χ4v) is 2.59. The van der Waals surface area contributed by atoms with Gasteiger partial charge in [0.05, 0.1) is 23.9 Å². The van der Waals surface area contributed by atoms with Crippen LogP contribution >= 0.6 is 0 Å². The largest absolute Gasteiger partial charge is 0.465 e. The van der Waals surface area contributed by atoms with Gasteiger partial charge in [0.15, 0.2) is 0 Å². The molecule has 8 heteroatoms. The number of halogens is 3. The summed E-state index contributed by atoms with van der Waals surface area (Å²) in [5.74, 6) is 1.62. The number of esters is 1. The van der Waals surface area contributed by atoms with Gasteiger partial charge in [0.1, 0.15) is 12.0 Å². The molecule has 140 valence electrons. The van der Waals surface area contributed by atoms with Gasteiger partial charge in [0.25, 0.3) is 0 Å². The Labute approximate surface area is 158 Å². The molecule has 2 aromatic heterocycles. The van der Waals surface area contributed by atoms with Crippen LogP contribution < -0.4 is 0 Å². The molecule has 28 heavy (non-hydrogen) atoms. The van der Waals surface area contributed by atoms with Gasteiger partial charge in [-0.3, -0.25) is 0 Å². The molecule has 0 saturated carbocycles. The molecule has 0 fully saturated rings. The molecule has 3 rings (SSSR count). The van der Waals surface area contributed by atoms with Gasteiger partial charge >= 0.3 is 12.1 Å². The molecule has 5 nitrogen and oxygen atoms in total. The Bertz CT molecular complexity index is 1060. The second-order valence-electron chi connectivity index (χ2n) is 5.62. The maximum Gasteiger partial charge on any atom is 0.416 e. The number of pyridine rings is 1. The number of carbonyl (C=O) groups is 1. The number of alkyl halides is 3. The molecule has 0 aliphatic rings. The van der Waals surface area contributed by atoms with Crippen LogP contribution in [0.15, 0.2) is 49.1 Å². The summed E-state index contributed by atoms with van der Waals surface area (Å²) in [7, 11) is 1.19. The van der Waals surface area contributed by atoms with Gasteiger partial charge in [-0.15, -0.1) is 6.42 Å². The Kier molecular flexibility index (Phi) is 5.09. The third kappa shape index (κ3) is 3.69. The molecule has 0 atom stereocenters. The van der Waals surface area contributed by atoms with Gasteiger partial charge in [0.2, 0.25) is 0 Å². The lowest BCUT2D eigenvalue weighted by molar-refractivity contribution is -0.137. The number of benzene rings is 1. The van der Waals surface area contributed by atoms with Crippen molar-refractivity contribution >= 4 is 5.97 Å². The van der Waals surface area contributed by atoms with E-state index in [9.17, 15) is 18.0 Å². The predicted octanol–water partition coefficient (Wildman–Crippen LogP) is 3.99. The van der Waals surface area contributed by atoms with Crippen molar-refractivity contribution in [2.75, 3.05) is 7.11 Å². The Hall–Kier alpha value is -3.73. The summed E-state index contributed by atoms with van der Waals surface area (Å²) in [5, 5.41) is 0. The Morgan fingerprint density at radius 2 is 1.75 bits per heavy atom. The Morgan fingerprint density at radius 3 is 2.29 bits per heavy atom. The summed E-state index contributed by atoms with van der Waals surface area (Å²) in [6.07, 6.45) is 5.31. The van der Waals surface area contributed by atoms with Crippen molar-refractivity contribution in [2.24, 2.45) is 0 Å². The number of carbonyl (C=O) groups excluding carboxylic acids is 1. The fourth-order valence-electron chi connectivity index (χ4n) is 2.59. The van der Waals surface area contributed by atoms with Gasteiger partial charge in [-0.2, -0.15) is 13.2 Å². The Morgan fingerprint density at radius 1 is 1.11 bits per heavy atom. The Balaban J connectivity index is 2.25. The molecule has 0 aliphatic heterocycles. The van der Waals surface area contributed by atoms with Crippen LogP contribution in [-0.2, 0) is 10.9 Å². The molecule has 0 spiro atoms. The second kappa shape index (κ2) is 7.48. The van der Waals surface area contributed by atoms with Crippen molar-refractivity contribution in [3.8, 4) is 34.7 Å².